The molecule has 1 aliphatic carbocycles. The standard InChI is InChI=1S/C19H20N2O2/c1-12-4-5-13(2)21(12)14-8-9-19(11-14)16-10-15(23-3)6-7-17(16)20-18(19)22/h4-10,14H,11H2,1-3H3,(H,20,22)/t14-,19+/m1/s1. The molecule has 1 spiro atoms. The molecule has 1 amide bonds. The summed E-state index contributed by atoms with van der Waals surface area (Å²) in [6.07, 6.45) is 4.97. The summed E-state index contributed by atoms with van der Waals surface area (Å²) in [4.78, 5) is 12.7. The van der Waals surface area contributed by atoms with Crippen LogP contribution in [0.1, 0.15) is 29.4 Å². The summed E-state index contributed by atoms with van der Waals surface area (Å²) < 4.78 is 7.65. The van der Waals surface area contributed by atoms with E-state index in [1.54, 1.807) is 7.11 Å². The second kappa shape index (κ2) is 4.75. The van der Waals surface area contributed by atoms with Crippen LogP contribution < -0.4 is 10.1 Å². The summed E-state index contributed by atoms with van der Waals surface area (Å²) >= 11 is 0. The smallest absolute Gasteiger partial charge is 0.239 e. The molecule has 1 aromatic heterocycles. The Hall–Kier alpha value is -2.49. The molecule has 0 unspecified atom stereocenters. The van der Waals surface area contributed by atoms with Crippen molar-refractivity contribution >= 4 is 11.6 Å². The summed E-state index contributed by atoms with van der Waals surface area (Å²) in [6, 6.07) is 10.2. The third-order valence-corrected chi connectivity index (χ3v) is 5.15. The van der Waals surface area contributed by atoms with Crippen LogP contribution in [0.2, 0.25) is 0 Å². The first-order chi connectivity index (χ1) is 11.0. The molecule has 1 N–H and O–H groups in total. The molecule has 2 aromatic rings. The number of carbonyl (C=O) groups is 1. The highest BCUT2D eigenvalue weighted by atomic mass is 16.5. The predicted molar refractivity (Wildman–Crippen MR) is 90.0 cm³/mol. The van der Waals surface area contributed by atoms with Gasteiger partial charge in [-0.15, -0.1) is 0 Å². The average Bonchev–Trinajstić information content (AvgIpc) is 3.19. The summed E-state index contributed by atoms with van der Waals surface area (Å²) in [5.41, 5.74) is 3.76. The number of carbonyl (C=O) groups excluding carboxylic acids is 1. The Kier molecular flexibility index (Phi) is 2.92. The van der Waals surface area contributed by atoms with Gasteiger partial charge in [0.1, 0.15) is 5.75 Å². The second-order valence-electron chi connectivity index (χ2n) is 6.45. The number of allylic oxidation sites excluding steroid dienone is 1. The van der Waals surface area contributed by atoms with E-state index in [0.29, 0.717) is 0 Å². The highest BCUT2D eigenvalue weighted by Crippen LogP contribution is 2.49. The first kappa shape index (κ1) is 14.1. The first-order valence-corrected chi connectivity index (χ1v) is 7.89. The van der Waals surface area contributed by atoms with Crippen LogP contribution in [-0.4, -0.2) is 17.6 Å². The molecule has 118 valence electrons. The summed E-state index contributed by atoms with van der Waals surface area (Å²) in [5, 5.41) is 3.02. The van der Waals surface area contributed by atoms with Gasteiger partial charge in [0.15, 0.2) is 0 Å². The molecule has 4 nitrogen and oxygen atoms in total. The van der Waals surface area contributed by atoms with Crippen LogP contribution in [0.25, 0.3) is 0 Å². The van der Waals surface area contributed by atoms with Crippen molar-refractivity contribution in [1.82, 2.24) is 4.57 Å². The number of ether oxygens (including phenoxy) is 1. The Bertz CT molecular complexity index is 814. The molecule has 23 heavy (non-hydrogen) atoms. The zero-order valence-corrected chi connectivity index (χ0v) is 13.6. The van der Waals surface area contributed by atoms with Gasteiger partial charge in [-0.3, -0.25) is 4.79 Å². The number of hydrogen-bond acceptors (Lipinski definition) is 2. The SMILES string of the molecule is COc1ccc2c(c1)[C@@]1(C=C[C@@H](n3c(C)ccc3C)C1)C(=O)N2. The van der Waals surface area contributed by atoms with E-state index in [0.717, 1.165) is 23.4 Å². The Morgan fingerprint density at radius 2 is 1.96 bits per heavy atom. The van der Waals surface area contributed by atoms with Gasteiger partial charge >= 0.3 is 0 Å². The fourth-order valence-corrected chi connectivity index (χ4v) is 3.97. The van der Waals surface area contributed by atoms with Gasteiger partial charge in [0.25, 0.3) is 0 Å². The van der Waals surface area contributed by atoms with E-state index in [9.17, 15) is 4.79 Å². The maximum absolute atomic E-state index is 12.7. The number of anilines is 1. The van der Waals surface area contributed by atoms with Crippen molar-refractivity contribution in [2.45, 2.75) is 31.7 Å². The summed E-state index contributed by atoms with van der Waals surface area (Å²) in [7, 11) is 1.65. The van der Waals surface area contributed by atoms with Crippen LogP contribution in [0, 0.1) is 13.8 Å². The van der Waals surface area contributed by atoms with E-state index in [-0.39, 0.29) is 11.9 Å². The van der Waals surface area contributed by atoms with Crippen LogP contribution in [0.3, 0.4) is 0 Å². The fraction of sp³-hybridized carbons (Fsp3) is 0.316. The van der Waals surface area contributed by atoms with E-state index < -0.39 is 5.41 Å². The van der Waals surface area contributed by atoms with Crippen LogP contribution in [0.5, 0.6) is 5.75 Å². The average molecular weight is 308 g/mol. The zero-order chi connectivity index (χ0) is 16.2. The lowest BCUT2D eigenvalue weighted by Gasteiger charge is -2.24. The predicted octanol–water partition coefficient (Wildman–Crippen LogP) is 3.50. The van der Waals surface area contributed by atoms with Gasteiger partial charge in [0.05, 0.1) is 18.6 Å². The number of hydrogen-bond donors (Lipinski definition) is 1. The van der Waals surface area contributed by atoms with Crippen LogP contribution in [0.15, 0.2) is 42.5 Å². The normalized spacial score (nSPS) is 25.0. The monoisotopic (exact) mass is 308 g/mol. The third kappa shape index (κ3) is 1.87. The zero-order valence-electron chi connectivity index (χ0n) is 13.6. The number of aryl methyl sites for hydroxylation is 2. The van der Waals surface area contributed by atoms with Crippen molar-refractivity contribution in [3.63, 3.8) is 0 Å². The molecule has 0 saturated carbocycles. The second-order valence-corrected chi connectivity index (χ2v) is 6.45. The van der Waals surface area contributed by atoms with Gasteiger partial charge in [0, 0.05) is 17.1 Å². The van der Waals surface area contributed by atoms with Gasteiger partial charge < -0.3 is 14.6 Å². The Morgan fingerprint density at radius 3 is 2.65 bits per heavy atom. The van der Waals surface area contributed by atoms with Crippen LogP contribution >= 0.6 is 0 Å². The molecule has 2 atom stereocenters. The number of fused-ring (bicyclic) bond motifs is 2. The molecule has 0 fully saturated rings. The number of benzene rings is 1. The van der Waals surface area contributed by atoms with E-state index in [2.05, 4.69) is 48.0 Å². The third-order valence-electron chi connectivity index (χ3n) is 5.15. The lowest BCUT2D eigenvalue weighted by atomic mass is 9.80. The van der Waals surface area contributed by atoms with Crippen LogP contribution in [0.4, 0.5) is 5.69 Å². The molecular formula is C19H20N2O2. The Morgan fingerprint density at radius 1 is 1.22 bits per heavy atom. The minimum absolute atomic E-state index is 0.0574. The lowest BCUT2D eigenvalue weighted by molar-refractivity contribution is -0.119. The maximum Gasteiger partial charge on any atom is 0.239 e. The number of nitrogens with zero attached hydrogens (tertiary/aromatic N) is 1. The Balaban J connectivity index is 1.77. The molecular weight excluding hydrogens is 288 g/mol. The van der Waals surface area contributed by atoms with Crippen molar-refractivity contribution < 1.29 is 9.53 Å². The fourth-order valence-electron chi connectivity index (χ4n) is 3.97. The van der Waals surface area contributed by atoms with Crippen molar-refractivity contribution in [3.05, 3.63) is 59.4 Å². The van der Waals surface area contributed by atoms with Crippen LogP contribution in [-0.2, 0) is 10.2 Å². The van der Waals surface area contributed by atoms with Gasteiger partial charge in [-0.25, -0.2) is 0 Å². The molecule has 2 aliphatic rings. The summed E-state index contributed by atoms with van der Waals surface area (Å²) in [5.74, 6) is 0.840. The molecule has 0 radical (unpaired) electrons. The number of nitrogens with one attached hydrogen (secondary N) is 1. The lowest BCUT2D eigenvalue weighted by Crippen LogP contribution is -2.31. The molecule has 0 saturated heterocycles. The van der Waals surface area contributed by atoms with Crippen molar-refractivity contribution in [2.75, 3.05) is 12.4 Å². The number of aromatic nitrogens is 1. The quantitative estimate of drug-likeness (QED) is 0.863. The number of amides is 1. The van der Waals surface area contributed by atoms with Crippen molar-refractivity contribution in [1.29, 1.82) is 0 Å². The van der Waals surface area contributed by atoms with Crippen molar-refractivity contribution in [2.24, 2.45) is 0 Å². The van der Waals surface area contributed by atoms with E-state index in [1.165, 1.54) is 11.4 Å². The van der Waals surface area contributed by atoms with Crippen molar-refractivity contribution in [3.8, 4) is 5.75 Å². The topological polar surface area (TPSA) is 43.3 Å². The van der Waals surface area contributed by atoms with E-state index >= 15 is 0 Å². The maximum atomic E-state index is 12.7. The molecule has 1 aromatic carbocycles. The van der Waals surface area contributed by atoms with Gasteiger partial charge in [0.2, 0.25) is 5.91 Å². The molecule has 0 bridgehead atoms. The highest BCUT2D eigenvalue weighted by molar-refractivity contribution is 6.08. The minimum Gasteiger partial charge on any atom is -0.497 e. The molecule has 4 rings (SSSR count). The van der Waals surface area contributed by atoms with Gasteiger partial charge in [-0.2, -0.15) is 0 Å². The minimum atomic E-state index is -0.586. The van der Waals surface area contributed by atoms with Gasteiger partial charge in [-0.1, -0.05) is 12.2 Å². The largest absolute Gasteiger partial charge is 0.497 e. The molecule has 1 aliphatic heterocycles. The number of methoxy groups -OCH3 is 1. The first-order valence-electron chi connectivity index (χ1n) is 7.89. The van der Waals surface area contributed by atoms with E-state index in [1.807, 2.05) is 18.2 Å². The Labute approximate surface area is 135 Å². The summed E-state index contributed by atoms with van der Waals surface area (Å²) in [6.45, 7) is 4.22. The molecule has 4 heteroatoms. The molecule has 2 heterocycles. The number of rotatable bonds is 2. The van der Waals surface area contributed by atoms with E-state index in [4.69, 9.17) is 4.74 Å². The highest BCUT2D eigenvalue weighted by Gasteiger charge is 2.49. The van der Waals surface area contributed by atoms with Gasteiger partial charge in [-0.05, 0) is 56.2 Å².